The van der Waals surface area contributed by atoms with Crippen LogP contribution in [0.5, 0.6) is 0 Å². The lowest BCUT2D eigenvalue weighted by Gasteiger charge is -2.26. The molecule has 0 amide bonds. The van der Waals surface area contributed by atoms with Gasteiger partial charge in [-0.05, 0) is 12.8 Å². The van der Waals surface area contributed by atoms with Crippen molar-refractivity contribution in [3.05, 3.63) is 17.1 Å². The van der Waals surface area contributed by atoms with Crippen LogP contribution in [0.25, 0.3) is 0 Å². The summed E-state index contributed by atoms with van der Waals surface area (Å²) >= 11 is 0. The molecule has 16 heavy (non-hydrogen) atoms. The van der Waals surface area contributed by atoms with E-state index in [0.717, 1.165) is 35.9 Å². The molecule has 2 aliphatic rings. The summed E-state index contributed by atoms with van der Waals surface area (Å²) in [5.74, 6) is 7.75. The predicted molar refractivity (Wildman–Crippen MR) is 59.8 cm³/mol. The van der Waals surface area contributed by atoms with E-state index in [0.29, 0.717) is 12.5 Å². The first-order valence-electron chi connectivity index (χ1n) is 5.82. The number of hydrazine groups is 1. The summed E-state index contributed by atoms with van der Waals surface area (Å²) in [6, 6.07) is 0. The largest absolute Gasteiger partial charge is 0.376 e. The summed E-state index contributed by atoms with van der Waals surface area (Å²) in [5, 5.41) is 0. The number of anilines is 1. The highest BCUT2D eigenvalue weighted by atomic mass is 16.5. The van der Waals surface area contributed by atoms with Crippen LogP contribution < -0.4 is 11.3 Å². The Morgan fingerprint density at radius 1 is 1.31 bits per heavy atom. The number of hydrogen-bond acceptors (Lipinski definition) is 5. The Morgan fingerprint density at radius 2 is 2.19 bits per heavy atom. The maximum absolute atomic E-state index is 5.51. The molecule has 0 unspecified atom stereocenters. The molecule has 1 aliphatic heterocycles. The molecule has 1 aliphatic carbocycles. The van der Waals surface area contributed by atoms with E-state index in [-0.39, 0.29) is 0 Å². The number of ether oxygens (including phenoxy) is 1. The van der Waals surface area contributed by atoms with E-state index in [9.17, 15) is 0 Å². The van der Waals surface area contributed by atoms with Crippen LogP contribution in [0, 0.1) is 0 Å². The zero-order valence-corrected chi connectivity index (χ0v) is 9.20. The van der Waals surface area contributed by atoms with Gasteiger partial charge in [0.15, 0.2) is 0 Å². The van der Waals surface area contributed by atoms with Crippen LogP contribution in [-0.2, 0) is 17.8 Å². The van der Waals surface area contributed by atoms with E-state index in [4.69, 9.17) is 10.6 Å². The molecular weight excluding hydrogens is 204 g/mol. The average molecular weight is 220 g/mol. The summed E-state index contributed by atoms with van der Waals surface area (Å²) in [4.78, 5) is 9.16. The van der Waals surface area contributed by atoms with Crippen molar-refractivity contribution in [2.75, 3.05) is 12.0 Å². The molecule has 5 heteroatoms. The van der Waals surface area contributed by atoms with Crippen molar-refractivity contribution in [3.8, 4) is 0 Å². The monoisotopic (exact) mass is 220 g/mol. The predicted octanol–water partition coefficient (Wildman–Crippen LogP) is 1.10. The zero-order valence-electron chi connectivity index (χ0n) is 9.20. The Kier molecular flexibility index (Phi) is 2.49. The number of hydrogen-bond donors (Lipinski definition) is 2. The van der Waals surface area contributed by atoms with Gasteiger partial charge < -0.3 is 10.2 Å². The summed E-state index contributed by atoms with van der Waals surface area (Å²) in [7, 11) is 0. The Labute approximate surface area is 94.4 Å². The smallest absolute Gasteiger partial charge is 0.149 e. The van der Waals surface area contributed by atoms with Gasteiger partial charge in [0.25, 0.3) is 0 Å². The van der Waals surface area contributed by atoms with Crippen LogP contribution >= 0.6 is 0 Å². The molecule has 0 bridgehead atoms. The molecule has 1 aromatic heterocycles. The number of aromatic nitrogens is 2. The van der Waals surface area contributed by atoms with Gasteiger partial charge in [0.05, 0.1) is 18.9 Å². The van der Waals surface area contributed by atoms with Crippen molar-refractivity contribution in [1.29, 1.82) is 0 Å². The number of nitrogens with two attached hydrogens (primary N) is 1. The van der Waals surface area contributed by atoms with Crippen molar-refractivity contribution in [1.82, 2.24) is 9.97 Å². The van der Waals surface area contributed by atoms with E-state index < -0.39 is 0 Å². The van der Waals surface area contributed by atoms with Crippen LogP contribution in [-0.4, -0.2) is 16.6 Å². The minimum absolute atomic E-state index is 0.542. The number of rotatable bonds is 2. The first-order chi connectivity index (χ1) is 7.88. The average Bonchev–Trinajstić information content (AvgIpc) is 2.25. The zero-order chi connectivity index (χ0) is 11.0. The van der Waals surface area contributed by atoms with Crippen molar-refractivity contribution in [3.63, 3.8) is 0 Å². The molecule has 86 valence electrons. The van der Waals surface area contributed by atoms with Crippen LogP contribution in [0.4, 0.5) is 5.82 Å². The molecule has 0 radical (unpaired) electrons. The van der Waals surface area contributed by atoms with Gasteiger partial charge in [-0.3, -0.25) is 0 Å². The molecule has 3 rings (SSSR count). The fourth-order valence-corrected chi connectivity index (χ4v) is 2.22. The second-order valence-electron chi connectivity index (χ2n) is 4.43. The molecule has 1 saturated carbocycles. The Bertz CT molecular complexity index is 386. The van der Waals surface area contributed by atoms with Gasteiger partial charge >= 0.3 is 0 Å². The molecular formula is C11H16N4O. The van der Waals surface area contributed by atoms with Gasteiger partial charge in [-0.1, -0.05) is 6.42 Å². The van der Waals surface area contributed by atoms with Gasteiger partial charge in [-0.25, -0.2) is 15.8 Å². The molecule has 1 fully saturated rings. The first kappa shape index (κ1) is 9.99. The van der Waals surface area contributed by atoms with E-state index in [1.807, 2.05) is 0 Å². The van der Waals surface area contributed by atoms with E-state index >= 15 is 0 Å². The molecule has 0 spiro atoms. The lowest BCUT2D eigenvalue weighted by atomic mass is 9.84. The highest BCUT2D eigenvalue weighted by molar-refractivity contribution is 5.46. The van der Waals surface area contributed by atoms with Crippen molar-refractivity contribution >= 4 is 5.82 Å². The Hall–Kier alpha value is -1.20. The lowest BCUT2D eigenvalue weighted by Crippen LogP contribution is -2.22. The molecule has 0 atom stereocenters. The Balaban J connectivity index is 2.01. The number of nitrogen functional groups attached to an aromatic ring is 1. The standard InChI is InChI=1S/C11H16N4O/c12-15-11-8-6-16-5-4-9(8)13-10(14-11)7-2-1-3-7/h7H,1-6,12H2,(H,13,14,15). The van der Waals surface area contributed by atoms with Crippen molar-refractivity contribution < 1.29 is 4.74 Å². The fraction of sp³-hybridized carbons (Fsp3) is 0.636. The lowest BCUT2D eigenvalue weighted by molar-refractivity contribution is 0.109. The van der Waals surface area contributed by atoms with Crippen LogP contribution in [0.2, 0.25) is 0 Å². The second kappa shape index (κ2) is 3.99. The normalized spacial score (nSPS) is 20.1. The maximum atomic E-state index is 5.51. The molecule has 5 nitrogen and oxygen atoms in total. The SMILES string of the molecule is NNc1nc(C2CCC2)nc2c1COCC2. The molecule has 0 aromatic carbocycles. The third-order valence-corrected chi connectivity index (χ3v) is 3.45. The highest BCUT2D eigenvalue weighted by Crippen LogP contribution is 2.36. The van der Waals surface area contributed by atoms with Crippen LogP contribution in [0.15, 0.2) is 0 Å². The summed E-state index contributed by atoms with van der Waals surface area (Å²) < 4.78 is 5.40. The second-order valence-corrected chi connectivity index (χ2v) is 4.43. The summed E-state index contributed by atoms with van der Waals surface area (Å²) in [6.07, 6.45) is 4.57. The number of nitrogens with zero attached hydrogens (tertiary/aromatic N) is 2. The topological polar surface area (TPSA) is 73.1 Å². The number of nitrogens with one attached hydrogen (secondary N) is 1. The van der Waals surface area contributed by atoms with Crippen LogP contribution in [0.1, 0.15) is 42.3 Å². The quantitative estimate of drug-likeness (QED) is 0.577. The van der Waals surface area contributed by atoms with Gasteiger partial charge in [-0.15, -0.1) is 0 Å². The highest BCUT2D eigenvalue weighted by Gasteiger charge is 2.25. The van der Waals surface area contributed by atoms with Gasteiger partial charge in [0.2, 0.25) is 0 Å². The minimum Gasteiger partial charge on any atom is -0.376 e. The third-order valence-electron chi connectivity index (χ3n) is 3.45. The molecule has 2 heterocycles. The molecule has 0 saturated heterocycles. The van der Waals surface area contributed by atoms with Crippen LogP contribution in [0.3, 0.4) is 0 Å². The first-order valence-corrected chi connectivity index (χ1v) is 5.82. The van der Waals surface area contributed by atoms with E-state index in [1.165, 1.54) is 19.3 Å². The number of fused-ring (bicyclic) bond motifs is 1. The summed E-state index contributed by atoms with van der Waals surface area (Å²) in [5.41, 5.74) is 4.80. The molecule has 3 N–H and O–H groups in total. The van der Waals surface area contributed by atoms with E-state index in [1.54, 1.807) is 0 Å². The minimum atomic E-state index is 0.542. The van der Waals surface area contributed by atoms with Gasteiger partial charge in [0.1, 0.15) is 11.6 Å². The van der Waals surface area contributed by atoms with Crippen molar-refractivity contribution in [2.24, 2.45) is 5.84 Å². The van der Waals surface area contributed by atoms with E-state index in [2.05, 4.69) is 15.4 Å². The fourth-order valence-electron chi connectivity index (χ4n) is 2.22. The maximum Gasteiger partial charge on any atom is 0.149 e. The van der Waals surface area contributed by atoms with Gasteiger partial charge in [-0.2, -0.15) is 0 Å². The Morgan fingerprint density at radius 3 is 2.88 bits per heavy atom. The third kappa shape index (κ3) is 1.56. The summed E-state index contributed by atoms with van der Waals surface area (Å²) in [6.45, 7) is 1.32. The van der Waals surface area contributed by atoms with Gasteiger partial charge in [0, 0.05) is 17.9 Å². The van der Waals surface area contributed by atoms with Crippen molar-refractivity contribution in [2.45, 2.75) is 38.2 Å². The molecule has 1 aromatic rings.